The Bertz CT molecular complexity index is 832. The third kappa shape index (κ3) is 2.55. The Morgan fingerprint density at radius 3 is 2.52 bits per heavy atom. The maximum Gasteiger partial charge on any atom is 0.416 e. The molecule has 2 heterocycles. The normalized spacial score (nSPS) is 22.4. The van der Waals surface area contributed by atoms with Crippen molar-refractivity contribution in [1.82, 2.24) is 5.32 Å². The number of alkyl halides is 3. The van der Waals surface area contributed by atoms with Crippen molar-refractivity contribution >= 4 is 11.6 Å². The molecule has 0 radical (unpaired) electrons. The minimum absolute atomic E-state index is 0.148. The van der Waals surface area contributed by atoms with Gasteiger partial charge in [0, 0.05) is 12.6 Å². The van der Waals surface area contributed by atoms with Gasteiger partial charge >= 0.3 is 6.18 Å². The quantitative estimate of drug-likeness (QED) is 0.832. The van der Waals surface area contributed by atoms with E-state index < -0.39 is 17.9 Å². The predicted molar refractivity (Wildman–Crippen MR) is 87.0 cm³/mol. The van der Waals surface area contributed by atoms with E-state index in [0.29, 0.717) is 24.1 Å². The summed E-state index contributed by atoms with van der Waals surface area (Å²) in [6.07, 6.45) is -4.17. The van der Waals surface area contributed by atoms with Crippen LogP contribution >= 0.6 is 0 Å². The number of carbonyl (C=O) groups excluding carboxylic acids is 1. The summed E-state index contributed by atoms with van der Waals surface area (Å²) in [5, 5.41) is 2.89. The van der Waals surface area contributed by atoms with Crippen molar-refractivity contribution in [1.29, 1.82) is 0 Å². The van der Waals surface area contributed by atoms with E-state index in [4.69, 9.17) is 5.73 Å². The van der Waals surface area contributed by atoms with Gasteiger partial charge in [0.2, 0.25) is 0 Å². The molecule has 4 nitrogen and oxygen atoms in total. The van der Waals surface area contributed by atoms with Crippen LogP contribution in [0.2, 0.25) is 0 Å². The van der Waals surface area contributed by atoms with Gasteiger partial charge in [0.05, 0.1) is 16.8 Å². The minimum atomic E-state index is -4.38. The van der Waals surface area contributed by atoms with E-state index in [0.717, 1.165) is 23.4 Å². The van der Waals surface area contributed by atoms with Gasteiger partial charge in [-0.2, -0.15) is 13.2 Å². The number of nitrogens with one attached hydrogen (secondary N) is 1. The van der Waals surface area contributed by atoms with Crippen LogP contribution in [-0.2, 0) is 6.18 Å². The van der Waals surface area contributed by atoms with Gasteiger partial charge in [-0.1, -0.05) is 24.3 Å². The van der Waals surface area contributed by atoms with Crippen LogP contribution in [-0.4, -0.2) is 12.5 Å². The highest BCUT2D eigenvalue weighted by atomic mass is 19.4. The highest BCUT2D eigenvalue weighted by Gasteiger charge is 2.37. The van der Waals surface area contributed by atoms with Gasteiger partial charge in [-0.25, -0.2) is 0 Å². The van der Waals surface area contributed by atoms with Crippen LogP contribution in [0.4, 0.5) is 18.9 Å². The molecule has 0 aliphatic carbocycles. The Morgan fingerprint density at radius 2 is 1.84 bits per heavy atom. The fraction of sp³-hybridized carbons (Fsp3) is 0.278. The Morgan fingerprint density at radius 1 is 1.12 bits per heavy atom. The van der Waals surface area contributed by atoms with E-state index in [-0.39, 0.29) is 11.9 Å². The molecule has 2 aromatic carbocycles. The lowest BCUT2D eigenvalue weighted by atomic mass is 9.90. The first kappa shape index (κ1) is 16.0. The number of nitrogens with zero attached hydrogens (tertiary/aromatic N) is 1. The number of anilines is 1. The van der Waals surface area contributed by atoms with E-state index in [1.54, 1.807) is 12.1 Å². The Balaban J connectivity index is 1.76. The van der Waals surface area contributed by atoms with Crippen LogP contribution < -0.4 is 16.0 Å². The van der Waals surface area contributed by atoms with Crippen LogP contribution in [0, 0.1) is 0 Å². The second-order valence-electron chi connectivity index (χ2n) is 6.33. The first-order chi connectivity index (χ1) is 11.9. The van der Waals surface area contributed by atoms with Gasteiger partial charge in [-0.3, -0.25) is 4.79 Å². The molecule has 4 rings (SSSR count). The third-order valence-electron chi connectivity index (χ3n) is 4.81. The molecule has 0 unspecified atom stereocenters. The zero-order valence-corrected chi connectivity index (χ0v) is 13.2. The molecule has 2 aliphatic heterocycles. The van der Waals surface area contributed by atoms with Gasteiger partial charge in [-0.15, -0.1) is 0 Å². The number of carbonyl (C=O) groups is 1. The summed E-state index contributed by atoms with van der Waals surface area (Å²) in [6.45, 7) is 0.622. The molecular weight excluding hydrogens is 331 g/mol. The molecule has 25 heavy (non-hydrogen) atoms. The molecule has 130 valence electrons. The highest BCUT2D eigenvalue weighted by Crippen LogP contribution is 2.42. The van der Waals surface area contributed by atoms with Crippen LogP contribution in [0.1, 0.15) is 45.7 Å². The van der Waals surface area contributed by atoms with E-state index in [1.807, 2.05) is 11.0 Å². The first-order valence-corrected chi connectivity index (χ1v) is 7.99. The number of benzene rings is 2. The number of halogens is 3. The topological polar surface area (TPSA) is 58.4 Å². The zero-order valence-electron chi connectivity index (χ0n) is 13.2. The van der Waals surface area contributed by atoms with Crippen LogP contribution in [0.15, 0.2) is 42.5 Å². The Labute approximate surface area is 142 Å². The van der Waals surface area contributed by atoms with E-state index >= 15 is 0 Å². The standard InChI is InChI=1S/C18H16F3N3O/c19-18(20,21)11-6-4-10(5-7-11)16-23-17(25)13-3-1-2-12-14(22)8-9-24(16)15(12)13/h1-7,14,16H,8-9,22H2,(H,23,25)/t14-,16-/m0/s1. The highest BCUT2D eigenvalue weighted by molar-refractivity contribution is 6.03. The van der Waals surface area contributed by atoms with Crippen molar-refractivity contribution in [2.24, 2.45) is 5.73 Å². The molecule has 3 N–H and O–H groups in total. The van der Waals surface area contributed by atoms with Crippen molar-refractivity contribution in [2.45, 2.75) is 24.8 Å². The summed E-state index contributed by atoms with van der Waals surface area (Å²) in [5.41, 5.74) is 8.31. The molecule has 0 saturated carbocycles. The number of hydrogen-bond donors (Lipinski definition) is 2. The molecule has 0 bridgehead atoms. The van der Waals surface area contributed by atoms with E-state index in [2.05, 4.69) is 5.32 Å². The molecule has 2 aliphatic rings. The monoisotopic (exact) mass is 347 g/mol. The molecular formula is C18H16F3N3O. The predicted octanol–water partition coefficient (Wildman–Crippen LogP) is 3.36. The minimum Gasteiger partial charge on any atom is -0.346 e. The number of amides is 1. The molecule has 2 atom stereocenters. The maximum atomic E-state index is 12.8. The fourth-order valence-corrected chi connectivity index (χ4v) is 3.57. The summed E-state index contributed by atoms with van der Waals surface area (Å²) in [5.74, 6) is -0.243. The van der Waals surface area contributed by atoms with Crippen molar-refractivity contribution in [3.63, 3.8) is 0 Å². The SMILES string of the molecule is N[C@H]1CCN2c3c(cccc31)C(=O)N[C@@H]2c1ccc(C(F)(F)F)cc1. The Kier molecular flexibility index (Phi) is 3.50. The van der Waals surface area contributed by atoms with Gasteiger partial charge in [0.15, 0.2) is 0 Å². The molecule has 1 amide bonds. The first-order valence-electron chi connectivity index (χ1n) is 7.99. The average Bonchev–Trinajstić information content (AvgIpc) is 2.59. The fourth-order valence-electron chi connectivity index (χ4n) is 3.57. The van der Waals surface area contributed by atoms with E-state index in [9.17, 15) is 18.0 Å². The van der Waals surface area contributed by atoms with Crippen molar-refractivity contribution in [2.75, 3.05) is 11.4 Å². The molecule has 0 saturated heterocycles. The lowest BCUT2D eigenvalue weighted by Crippen LogP contribution is -2.49. The third-order valence-corrected chi connectivity index (χ3v) is 4.81. The van der Waals surface area contributed by atoms with Crippen molar-refractivity contribution in [3.8, 4) is 0 Å². The van der Waals surface area contributed by atoms with Gasteiger partial charge in [-0.05, 0) is 35.7 Å². The largest absolute Gasteiger partial charge is 0.416 e. The second-order valence-corrected chi connectivity index (χ2v) is 6.33. The lowest BCUT2D eigenvalue weighted by Gasteiger charge is -2.44. The van der Waals surface area contributed by atoms with Gasteiger partial charge in [0.1, 0.15) is 6.17 Å². The van der Waals surface area contributed by atoms with E-state index in [1.165, 1.54) is 12.1 Å². The number of rotatable bonds is 1. The number of hydrogen-bond acceptors (Lipinski definition) is 3. The number of nitrogens with two attached hydrogens (primary N) is 1. The number of para-hydroxylation sites is 1. The zero-order chi connectivity index (χ0) is 17.8. The average molecular weight is 347 g/mol. The van der Waals surface area contributed by atoms with Crippen molar-refractivity contribution in [3.05, 3.63) is 64.7 Å². The van der Waals surface area contributed by atoms with Gasteiger partial charge in [0.25, 0.3) is 5.91 Å². The molecule has 0 aromatic heterocycles. The molecule has 7 heteroatoms. The van der Waals surface area contributed by atoms with Gasteiger partial charge < -0.3 is 16.0 Å². The summed E-state index contributed by atoms with van der Waals surface area (Å²) < 4.78 is 38.3. The smallest absolute Gasteiger partial charge is 0.346 e. The summed E-state index contributed by atoms with van der Waals surface area (Å²) in [7, 11) is 0. The summed E-state index contributed by atoms with van der Waals surface area (Å²) >= 11 is 0. The van der Waals surface area contributed by atoms with Crippen LogP contribution in [0.5, 0.6) is 0 Å². The van der Waals surface area contributed by atoms with Crippen molar-refractivity contribution < 1.29 is 18.0 Å². The maximum absolute atomic E-state index is 12.8. The lowest BCUT2D eigenvalue weighted by molar-refractivity contribution is -0.137. The molecule has 0 fully saturated rings. The Hall–Kier alpha value is -2.54. The molecule has 2 aromatic rings. The van der Waals surface area contributed by atoms with Crippen LogP contribution in [0.3, 0.4) is 0 Å². The van der Waals surface area contributed by atoms with Crippen LogP contribution in [0.25, 0.3) is 0 Å². The molecule has 0 spiro atoms. The second kappa shape index (κ2) is 5.49. The summed E-state index contributed by atoms with van der Waals surface area (Å²) in [6, 6.07) is 10.2. The summed E-state index contributed by atoms with van der Waals surface area (Å²) in [4.78, 5) is 14.5.